The van der Waals surface area contributed by atoms with Crippen molar-refractivity contribution in [1.29, 1.82) is 0 Å². The smallest absolute Gasteiger partial charge is 0.308 e. The number of anilines is 1. The van der Waals surface area contributed by atoms with Gasteiger partial charge in [0.1, 0.15) is 17.2 Å². The lowest BCUT2D eigenvalue weighted by Crippen LogP contribution is -2.51. The van der Waals surface area contributed by atoms with E-state index in [1.54, 1.807) is 6.20 Å². The van der Waals surface area contributed by atoms with E-state index >= 15 is 0 Å². The van der Waals surface area contributed by atoms with E-state index < -0.39 is 17.7 Å². The molecule has 7 rings (SSSR count). The van der Waals surface area contributed by atoms with Crippen LogP contribution in [-0.2, 0) is 11.8 Å². The number of pyridine rings is 1. The minimum atomic E-state index is -0.754. The summed E-state index contributed by atoms with van der Waals surface area (Å²) in [7, 11) is 1.91. The molecule has 3 aliphatic rings. The van der Waals surface area contributed by atoms with Crippen LogP contribution in [0.2, 0.25) is 0 Å². The molecule has 8 nitrogen and oxygen atoms in total. The molecular weight excluding hydrogens is 411 g/mol. The molecular formula is C23H23FN6O2. The van der Waals surface area contributed by atoms with Gasteiger partial charge >= 0.3 is 5.97 Å². The van der Waals surface area contributed by atoms with Crippen LogP contribution in [0.25, 0.3) is 33.3 Å². The summed E-state index contributed by atoms with van der Waals surface area (Å²) in [5, 5.41) is 13.9. The molecule has 4 aromatic rings. The zero-order valence-electron chi connectivity index (χ0n) is 17.5. The third-order valence-electron chi connectivity index (χ3n) is 7.27. The van der Waals surface area contributed by atoms with Crippen molar-refractivity contribution in [3.05, 3.63) is 36.5 Å². The zero-order valence-corrected chi connectivity index (χ0v) is 17.5. The molecule has 32 heavy (non-hydrogen) atoms. The van der Waals surface area contributed by atoms with Crippen molar-refractivity contribution < 1.29 is 14.3 Å². The lowest BCUT2D eigenvalue weighted by atomic mass is 9.61. The molecule has 1 unspecified atom stereocenters. The SMILES string of the molecule is Cn1ccc2nc(NC3C4CCC(CC4)[C@@H]3C(=O)O)nc(-c3c[nH]c4ncc(F)cc34)c21. The number of fused-ring (bicyclic) bond motifs is 5. The van der Waals surface area contributed by atoms with Gasteiger partial charge in [-0.1, -0.05) is 0 Å². The number of nitrogens with one attached hydrogen (secondary N) is 2. The van der Waals surface area contributed by atoms with Crippen LogP contribution in [0.1, 0.15) is 25.7 Å². The number of aromatic nitrogens is 5. The Labute approximate surface area is 182 Å². The molecule has 2 atom stereocenters. The minimum Gasteiger partial charge on any atom is -0.481 e. The van der Waals surface area contributed by atoms with Gasteiger partial charge in [-0.3, -0.25) is 4.79 Å². The summed E-state index contributed by atoms with van der Waals surface area (Å²) in [6.07, 6.45) is 8.86. The first-order valence-electron chi connectivity index (χ1n) is 10.9. The molecule has 0 radical (unpaired) electrons. The summed E-state index contributed by atoms with van der Waals surface area (Å²) in [5.41, 5.74) is 3.51. The Morgan fingerprint density at radius 3 is 2.81 bits per heavy atom. The highest BCUT2D eigenvalue weighted by Gasteiger charge is 2.47. The molecule has 3 aliphatic carbocycles. The van der Waals surface area contributed by atoms with Gasteiger partial charge in [0.2, 0.25) is 5.95 Å². The van der Waals surface area contributed by atoms with Crippen LogP contribution < -0.4 is 5.32 Å². The summed E-state index contributed by atoms with van der Waals surface area (Å²) in [6, 6.07) is 3.15. The third kappa shape index (κ3) is 2.87. The lowest BCUT2D eigenvalue weighted by molar-refractivity contribution is -0.148. The molecule has 4 heterocycles. The molecule has 0 aromatic carbocycles. The Hall–Kier alpha value is -3.49. The second-order valence-electron chi connectivity index (χ2n) is 9.02. The fraction of sp³-hybridized carbons (Fsp3) is 0.391. The monoisotopic (exact) mass is 434 g/mol. The average molecular weight is 434 g/mol. The Balaban J connectivity index is 1.48. The number of carboxylic acid groups (broad SMARTS) is 1. The lowest BCUT2D eigenvalue weighted by Gasteiger charge is -2.46. The molecule has 164 valence electrons. The number of hydrogen-bond acceptors (Lipinski definition) is 5. The third-order valence-corrected chi connectivity index (χ3v) is 7.27. The second kappa shape index (κ2) is 7.01. The topological polar surface area (TPSA) is 109 Å². The first kappa shape index (κ1) is 19.2. The van der Waals surface area contributed by atoms with Crippen molar-refractivity contribution >= 4 is 34.0 Å². The molecule has 0 saturated heterocycles. The predicted octanol–water partition coefficient (Wildman–Crippen LogP) is 3.95. The van der Waals surface area contributed by atoms with Crippen molar-refractivity contribution in [2.24, 2.45) is 24.8 Å². The Kier molecular flexibility index (Phi) is 4.21. The number of aromatic amines is 1. The van der Waals surface area contributed by atoms with Crippen LogP contribution in [-0.4, -0.2) is 41.6 Å². The van der Waals surface area contributed by atoms with Crippen molar-refractivity contribution in [3.63, 3.8) is 0 Å². The summed E-state index contributed by atoms with van der Waals surface area (Å²) in [4.78, 5) is 28.8. The van der Waals surface area contributed by atoms with Gasteiger partial charge in [0.15, 0.2) is 0 Å². The molecule has 3 fully saturated rings. The molecule has 4 aromatic heterocycles. The second-order valence-corrected chi connectivity index (χ2v) is 9.02. The van der Waals surface area contributed by atoms with Crippen molar-refractivity contribution in [2.45, 2.75) is 31.7 Å². The number of rotatable bonds is 4. The summed E-state index contributed by atoms with van der Waals surface area (Å²) in [6.45, 7) is 0. The molecule has 0 spiro atoms. The van der Waals surface area contributed by atoms with Gasteiger partial charge in [-0.05, 0) is 49.7 Å². The van der Waals surface area contributed by atoms with E-state index in [1.165, 1.54) is 12.3 Å². The largest absolute Gasteiger partial charge is 0.481 e. The number of carboxylic acids is 1. The number of aliphatic carboxylic acids is 1. The maximum atomic E-state index is 14.0. The number of carbonyl (C=O) groups is 1. The summed E-state index contributed by atoms with van der Waals surface area (Å²) >= 11 is 0. The highest BCUT2D eigenvalue weighted by molar-refractivity contribution is 6.01. The molecule has 3 N–H and O–H groups in total. The van der Waals surface area contributed by atoms with Crippen LogP contribution >= 0.6 is 0 Å². The fourth-order valence-electron chi connectivity index (χ4n) is 5.78. The highest BCUT2D eigenvalue weighted by Crippen LogP contribution is 2.46. The van der Waals surface area contributed by atoms with Crippen molar-refractivity contribution in [1.82, 2.24) is 24.5 Å². The van der Waals surface area contributed by atoms with Gasteiger partial charge in [0.25, 0.3) is 0 Å². The number of H-pyrrole nitrogens is 1. The predicted molar refractivity (Wildman–Crippen MR) is 118 cm³/mol. The van der Waals surface area contributed by atoms with Gasteiger partial charge in [-0.15, -0.1) is 0 Å². The summed E-state index contributed by atoms with van der Waals surface area (Å²) in [5.74, 6) is -0.718. The Bertz CT molecular complexity index is 1350. The quantitative estimate of drug-likeness (QED) is 0.449. The standard InChI is InChI=1S/C23H23FN6O2/c1-30-7-6-16-20(30)19(15-10-26-21-14(15)8-13(24)9-25-21)29-23(27-16)28-18-12-4-2-11(3-5-12)17(18)22(31)32/h6-12,17-18H,2-5H2,1H3,(H,25,26)(H,31,32)(H,27,28,29)/t11?,12?,17-,18?/m0/s1. The average Bonchev–Trinajstić information content (AvgIpc) is 3.37. The molecule has 9 heteroatoms. The molecule has 2 bridgehead atoms. The van der Waals surface area contributed by atoms with Crippen molar-refractivity contribution in [3.8, 4) is 11.3 Å². The van der Waals surface area contributed by atoms with E-state index in [0.29, 0.717) is 28.6 Å². The van der Waals surface area contributed by atoms with E-state index in [0.717, 1.165) is 42.3 Å². The highest BCUT2D eigenvalue weighted by atomic mass is 19.1. The van der Waals surface area contributed by atoms with Gasteiger partial charge in [0, 0.05) is 36.4 Å². The number of halogens is 1. The molecule has 3 saturated carbocycles. The maximum Gasteiger partial charge on any atom is 0.308 e. The van der Waals surface area contributed by atoms with Gasteiger partial charge < -0.3 is 20.0 Å². The van der Waals surface area contributed by atoms with Crippen LogP contribution in [0, 0.1) is 23.6 Å². The van der Waals surface area contributed by atoms with Crippen LogP contribution in [0.4, 0.5) is 10.3 Å². The minimum absolute atomic E-state index is 0.192. The Morgan fingerprint density at radius 1 is 1.25 bits per heavy atom. The number of aryl methyl sites for hydroxylation is 1. The van der Waals surface area contributed by atoms with E-state index in [4.69, 9.17) is 9.97 Å². The van der Waals surface area contributed by atoms with Crippen LogP contribution in [0.3, 0.4) is 0 Å². The van der Waals surface area contributed by atoms with Crippen LogP contribution in [0.15, 0.2) is 30.7 Å². The van der Waals surface area contributed by atoms with E-state index in [-0.39, 0.29) is 12.0 Å². The fourth-order valence-corrected chi connectivity index (χ4v) is 5.78. The zero-order chi connectivity index (χ0) is 22.0. The normalized spacial score (nSPS) is 24.9. The number of hydrogen-bond donors (Lipinski definition) is 3. The van der Waals surface area contributed by atoms with Gasteiger partial charge in [-0.2, -0.15) is 0 Å². The Morgan fingerprint density at radius 2 is 2.03 bits per heavy atom. The van der Waals surface area contributed by atoms with Gasteiger partial charge in [-0.25, -0.2) is 19.3 Å². The molecule has 0 aliphatic heterocycles. The number of nitrogens with zero attached hydrogens (tertiary/aromatic N) is 4. The first-order valence-corrected chi connectivity index (χ1v) is 10.9. The van der Waals surface area contributed by atoms with E-state index in [2.05, 4.69) is 15.3 Å². The van der Waals surface area contributed by atoms with E-state index in [9.17, 15) is 14.3 Å². The van der Waals surface area contributed by atoms with Gasteiger partial charge in [0.05, 0.1) is 23.1 Å². The summed E-state index contributed by atoms with van der Waals surface area (Å²) < 4.78 is 15.9. The molecule has 0 amide bonds. The van der Waals surface area contributed by atoms with E-state index in [1.807, 2.05) is 23.9 Å². The maximum absolute atomic E-state index is 14.0. The van der Waals surface area contributed by atoms with Crippen LogP contribution in [0.5, 0.6) is 0 Å². The first-order chi connectivity index (χ1) is 15.5. The van der Waals surface area contributed by atoms with Crippen molar-refractivity contribution in [2.75, 3.05) is 5.32 Å².